The Kier molecular flexibility index (Phi) is 5.06. The molecule has 0 spiro atoms. The summed E-state index contributed by atoms with van der Waals surface area (Å²) in [4.78, 5) is -0.190. The van der Waals surface area contributed by atoms with E-state index >= 15 is 0 Å². The lowest BCUT2D eigenvalue weighted by Gasteiger charge is -2.09. The van der Waals surface area contributed by atoms with Gasteiger partial charge in [0.2, 0.25) is 10.0 Å². The van der Waals surface area contributed by atoms with Crippen LogP contribution >= 0.6 is 0 Å². The Morgan fingerprint density at radius 2 is 2.06 bits per heavy atom. The average molecular weight is 276 g/mol. The van der Waals surface area contributed by atoms with Crippen molar-refractivity contribution in [2.75, 3.05) is 18.9 Å². The smallest absolute Gasteiger partial charge is 0.240 e. The molecule has 1 aromatic rings. The highest BCUT2D eigenvalue weighted by Crippen LogP contribution is 2.15. The molecule has 102 valence electrons. The van der Waals surface area contributed by atoms with E-state index in [1.165, 1.54) is 6.07 Å². The van der Waals surface area contributed by atoms with Gasteiger partial charge >= 0.3 is 0 Å². The van der Waals surface area contributed by atoms with Crippen molar-refractivity contribution >= 4 is 15.7 Å². The first kappa shape index (κ1) is 14.9. The van der Waals surface area contributed by atoms with Gasteiger partial charge in [0.15, 0.2) is 0 Å². The first-order chi connectivity index (χ1) is 8.31. The Balaban J connectivity index is 2.68. The molecule has 0 aromatic heterocycles. The zero-order valence-corrected chi connectivity index (χ0v) is 11.1. The van der Waals surface area contributed by atoms with Crippen molar-refractivity contribution in [1.82, 2.24) is 4.72 Å². The number of rotatable bonds is 6. The lowest BCUT2D eigenvalue weighted by molar-refractivity contribution is 0.0834. The van der Waals surface area contributed by atoms with Gasteiger partial charge in [-0.05, 0) is 32.0 Å². The predicted molar refractivity (Wildman–Crippen MR) is 67.1 cm³/mol. The quantitative estimate of drug-likeness (QED) is 0.602. The summed E-state index contributed by atoms with van der Waals surface area (Å²) in [5, 5.41) is 0. The number of nitrogens with one attached hydrogen (secondary N) is 1. The van der Waals surface area contributed by atoms with Crippen molar-refractivity contribution < 1.29 is 17.5 Å². The summed E-state index contributed by atoms with van der Waals surface area (Å²) >= 11 is 0. The van der Waals surface area contributed by atoms with Gasteiger partial charge in [-0.3, -0.25) is 0 Å². The maximum absolute atomic E-state index is 13.1. The molecule has 0 aliphatic carbocycles. The molecular formula is C11H17FN2O3S. The summed E-state index contributed by atoms with van der Waals surface area (Å²) < 4.78 is 44.1. The van der Waals surface area contributed by atoms with Gasteiger partial charge in [0.05, 0.1) is 17.6 Å². The number of halogens is 1. The summed E-state index contributed by atoms with van der Waals surface area (Å²) in [7, 11) is -3.75. The molecule has 0 atom stereocenters. The Morgan fingerprint density at radius 3 is 2.61 bits per heavy atom. The summed E-state index contributed by atoms with van der Waals surface area (Å²) in [6, 6.07) is 3.18. The average Bonchev–Trinajstić information content (AvgIpc) is 2.23. The highest BCUT2D eigenvalue weighted by atomic mass is 32.2. The topological polar surface area (TPSA) is 81.4 Å². The van der Waals surface area contributed by atoms with Crippen LogP contribution in [0, 0.1) is 5.82 Å². The van der Waals surface area contributed by atoms with Crippen LogP contribution in [0.4, 0.5) is 10.1 Å². The fourth-order valence-corrected chi connectivity index (χ4v) is 2.37. The zero-order valence-electron chi connectivity index (χ0n) is 10.3. The number of hydrogen-bond acceptors (Lipinski definition) is 4. The third-order valence-electron chi connectivity index (χ3n) is 2.05. The van der Waals surface area contributed by atoms with Crippen molar-refractivity contribution in [2.24, 2.45) is 0 Å². The van der Waals surface area contributed by atoms with E-state index in [1.807, 2.05) is 13.8 Å². The van der Waals surface area contributed by atoms with Crippen LogP contribution in [0.1, 0.15) is 13.8 Å². The molecule has 0 radical (unpaired) electrons. The van der Waals surface area contributed by atoms with Crippen LogP contribution in [-0.2, 0) is 14.8 Å². The first-order valence-electron chi connectivity index (χ1n) is 5.48. The Labute approximate surface area is 106 Å². The second-order valence-electron chi connectivity index (χ2n) is 4.04. The number of ether oxygens (including phenoxy) is 1. The van der Waals surface area contributed by atoms with Crippen molar-refractivity contribution in [2.45, 2.75) is 24.8 Å². The van der Waals surface area contributed by atoms with Crippen LogP contribution < -0.4 is 10.5 Å². The molecule has 0 aliphatic rings. The van der Waals surface area contributed by atoms with Gasteiger partial charge < -0.3 is 10.5 Å². The Hall–Kier alpha value is -1.18. The molecule has 0 aliphatic heterocycles. The highest BCUT2D eigenvalue weighted by molar-refractivity contribution is 7.89. The summed E-state index contributed by atoms with van der Waals surface area (Å²) in [5.41, 5.74) is 5.46. The van der Waals surface area contributed by atoms with Crippen LogP contribution in [0.3, 0.4) is 0 Å². The van der Waals surface area contributed by atoms with Gasteiger partial charge in [0.25, 0.3) is 0 Å². The molecule has 0 heterocycles. The molecule has 0 bridgehead atoms. The minimum Gasteiger partial charge on any atom is -0.399 e. The van der Waals surface area contributed by atoms with Crippen molar-refractivity contribution in [3.8, 4) is 0 Å². The van der Waals surface area contributed by atoms with Gasteiger partial charge in [0.1, 0.15) is 5.82 Å². The molecular weight excluding hydrogens is 259 g/mol. The van der Waals surface area contributed by atoms with E-state index in [0.717, 1.165) is 12.1 Å². The van der Waals surface area contributed by atoms with E-state index in [-0.39, 0.29) is 29.8 Å². The van der Waals surface area contributed by atoms with Crippen molar-refractivity contribution in [1.29, 1.82) is 0 Å². The molecule has 0 amide bonds. The van der Waals surface area contributed by atoms with Gasteiger partial charge in [0, 0.05) is 12.2 Å². The van der Waals surface area contributed by atoms with Crippen LogP contribution in [0.2, 0.25) is 0 Å². The van der Waals surface area contributed by atoms with E-state index in [4.69, 9.17) is 10.5 Å². The summed E-state index contributed by atoms with van der Waals surface area (Å²) in [6.45, 7) is 4.07. The molecule has 0 saturated heterocycles. The van der Waals surface area contributed by atoms with Crippen molar-refractivity contribution in [3.63, 3.8) is 0 Å². The fraction of sp³-hybridized carbons (Fsp3) is 0.455. The molecule has 0 saturated carbocycles. The third-order valence-corrected chi connectivity index (χ3v) is 3.49. The maximum Gasteiger partial charge on any atom is 0.240 e. The number of nitrogens with two attached hydrogens (primary N) is 1. The molecule has 7 heteroatoms. The minimum atomic E-state index is -3.75. The van der Waals surface area contributed by atoms with E-state index < -0.39 is 15.8 Å². The number of hydrogen-bond donors (Lipinski definition) is 2. The van der Waals surface area contributed by atoms with Crippen LogP contribution in [0.25, 0.3) is 0 Å². The molecule has 1 aromatic carbocycles. The summed E-state index contributed by atoms with van der Waals surface area (Å²) in [5.74, 6) is -0.686. The second kappa shape index (κ2) is 6.12. The fourth-order valence-electron chi connectivity index (χ4n) is 1.29. The van der Waals surface area contributed by atoms with Gasteiger partial charge in [-0.15, -0.1) is 0 Å². The maximum atomic E-state index is 13.1. The molecule has 3 N–H and O–H groups in total. The van der Waals surface area contributed by atoms with Gasteiger partial charge in [-0.2, -0.15) is 0 Å². The number of nitrogen functional groups attached to an aromatic ring is 1. The standard InChI is InChI=1S/C11H17FN2O3S/c1-8(2)17-4-3-14-18(15,16)11-6-9(12)5-10(13)7-11/h5-8,14H,3-4,13H2,1-2H3. The largest absolute Gasteiger partial charge is 0.399 e. The Morgan fingerprint density at radius 1 is 1.39 bits per heavy atom. The summed E-state index contributed by atoms with van der Waals surface area (Å²) in [6.07, 6.45) is 0.0271. The SMILES string of the molecule is CC(C)OCCNS(=O)(=O)c1cc(N)cc(F)c1. The molecule has 5 nitrogen and oxygen atoms in total. The highest BCUT2D eigenvalue weighted by Gasteiger charge is 2.15. The zero-order chi connectivity index (χ0) is 13.8. The minimum absolute atomic E-state index is 0.0271. The monoisotopic (exact) mass is 276 g/mol. The number of anilines is 1. The number of sulfonamides is 1. The van der Waals surface area contributed by atoms with Gasteiger partial charge in [-0.25, -0.2) is 17.5 Å². The van der Waals surface area contributed by atoms with Crippen LogP contribution in [-0.4, -0.2) is 27.7 Å². The molecule has 0 fully saturated rings. The van der Waals surface area contributed by atoms with Crippen LogP contribution in [0.15, 0.2) is 23.1 Å². The molecule has 18 heavy (non-hydrogen) atoms. The second-order valence-corrected chi connectivity index (χ2v) is 5.80. The normalized spacial score (nSPS) is 12.0. The van der Waals surface area contributed by atoms with E-state index in [0.29, 0.717) is 0 Å². The number of benzene rings is 1. The first-order valence-corrected chi connectivity index (χ1v) is 6.97. The molecule has 0 unspecified atom stereocenters. The predicted octanol–water partition coefficient (Wildman–Crippen LogP) is 1.11. The van der Waals surface area contributed by atoms with E-state index in [1.54, 1.807) is 0 Å². The van der Waals surface area contributed by atoms with Gasteiger partial charge in [-0.1, -0.05) is 0 Å². The van der Waals surface area contributed by atoms with Crippen LogP contribution in [0.5, 0.6) is 0 Å². The molecule has 1 rings (SSSR count). The third kappa shape index (κ3) is 4.59. The lowest BCUT2D eigenvalue weighted by atomic mass is 10.3. The van der Waals surface area contributed by atoms with E-state index in [9.17, 15) is 12.8 Å². The Bertz CT molecular complexity index is 483. The lowest BCUT2D eigenvalue weighted by Crippen LogP contribution is -2.28. The van der Waals surface area contributed by atoms with E-state index in [2.05, 4.69) is 4.72 Å². The van der Waals surface area contributed by atoms with Crippen molar-refractivity contribution in [3.05, 3.63) is 24.0 Å².